The Labute approximate surface area is 113 Å². The maximum atomic E-state index is 13.6. The van der Waals surface area contributed by atoms with Gasteiger partial charge in [-0.3, -0.25) is 4.79 Å². The summed E-state index contributed by atoms with van der Waals surface area (Å²) in [5.41, 5.74) is 5.57. The van der Waals surface area contributed by atoms with Crippen molar-refractivity contribution in [2.45, 2.75) is 13.5 Å². The molecule has 1 amide bonds. The van der Waals surface area contributed by atoms with Crippen molar-refractivity contribution < 1.29 is 13.6 Å². The minimum absolute atomic E-state index is 0.276. The van der Waals surface area contributed by atoms with Gasteiger partial charge in [-0.15, -0.1) is 11.3 Å². The van der Waals surface area contributed by atoms with Crippen LogP contribution in [0.25, 0.3) is 0 Å². The van der Waals surface area contributed by atoms with Crippen LogP contribution < -0.4 is 11.1 Å². The Morgan fingerprint density at radius 1 is 1.42 bits per heavy atom. The summed E-state index contributed by atoms with van der Waals surface area (Å²) in [4.78, 5) is 12.8. The second-order valence-corrected chi connectivity index (χ2v) is 5.07. The fourth-order valence-electron chi connectivity index (χ4n) is 1.62. The lowest BCUT2D eigenvalue weighted by Gasteiger charge is -2.07. The van der Waals surface area contributed by atoms with Crippen LogP contribution in [0.5, 0.6) is 0 Å². The van der Waals surface area contributed by atoms with Crippen LogP contribution in [0.15, 0.2) is 23.6 Å². The average Bonchev–Trinajstić information content (AvgIpc) is 2.76. The molecule has 2 aromatic rings. The Bertz CT molecular complexity index is 625. The van der Waals surface area contributed by atoms with E-state index in [4.69, 9.17) is 5.73 Å². The molecule has 3 nitrogen and oxygen atoms in total. The molecule has 0 atom stereocenters. The van der Waals surface area contributed by atoms with Crippen molar-refractivity contribution in [3.05, 3.63) is 51.2 Å². The lowest BCUT2D eigenvalue weighted by atomic mass is 10.1. The second-order valence-electron chi connectivity index (χ2n) is 4.07. The number of nitrogens with two attached hydrogens (primary N) is 1. The maximum absolute atomic E-state index is 13.6. The van der Waals surface area contributed by atoms with Crippen LogP contribution in [0.1, 0.15) is 20.8 Å². The number of anilines is 1. The zero-order valence-electron chi connectivity index (χ0n) is 10.2. The monoisotopic (exact) mass is 282 g/mol. The number of carbonyl (C=O) groups is 1. The largest absolute Gasteiger partial charge is 0.396 e. The SMILES string of the molecule is Cc1ccsc1CNC(=O)c1cc(F)cc(N)c1F. The molecule has 0 saturated heterocycles. The molecule has 0 spiro atoms. The number of rotatable bonds is 3. The van der Waals surface area contributed by atoms with Gasteiger partial charge in [-0.05, 0) is 36.1 Å². The van der Waals surface area contributed by atoms with E-state index >= 15 is 0 Å². The van der Waals surface area contributed by atoms with Crippen molar-refractivity contribution in [1.29, 1.82) is 0 Å². The topological polar surface area (TPSA) is 55.1 Å². The number of nitrogen functional groups attached to an aromatic ring is 1. The predicted molar refractivity (Wildman–Crippen MR) is 71.0 cm³/mol. The first kappa shape index (κ1) is 13.5. The smallest absolute Gasteiger partial charge is 0.254 e. The van der Waals surface area contributed by atoms with E-state index in [9.17, 15) is 13.6 Å². The molecule has 0 unspecified atom stereocenters. The molecule has 2 rings (SSSR count). The van der Waals surface area contributed by atoms with Gasteiger partial charge in [-0.2, -0.15) is 0 Å². The van der Waals surface area contributed by atoms with E-state index in [-0.39, 0.29) is 17.8 Å². The average molecular weight is 282 g/mol. The maximum Gasteiger partial charge on any atom is 0.254 e. The molecule has 1 aromatic heterocycles. The standard InChI is InChI=1S/C13H12F2N2OS/c1-7-2-3-19-11(7)6-17-13(18)9-4-8(14)5-10(16)12(9)15/h2-5H,6,16H2,1H3,(H,17,18). The van der Waals surface area contributed by atoms with E-state index < -0.39 is 17.5 Å². The number of thiophene rings is 1. The Kier molecular flexibility index (Phi) is 3.80. The van der Waals surface area contributed by atoms with Crippen LogP contribution >= 0.6 is 11.3 Å². The molecule has 100 valence electrons. The number of nitrogens with one attached hydrogen (secondary N) is 1. The van der Waals surface area contributed by atoms with Gasteiger partial charge in [0.15, 0.2) is 5.82 Å². The van der Waals surface area contributed by atoms with Crippen LogP contribution in [0, 0.1) is 18.6 Å². The molecule has 0 aliphatic rings. The van der Waals surface area contributed by atoms with E-state index in [0.717, 1.165) is 22.6 Å². The second kappa shape index (κ2) is 5.36. The lowest BCUT2D eigenvalue weighted by molar-refractivity contribution is 0.0947. The van der Waals surface area contributed by atoms with Crippen molar-refractivity contribution >= 4 is 22.9 Å². The molecule has 6 heteroatoms. The van der Waals surface area contributed by atoms with Gasteiger partial charge in [0.1, 0.15) is 5.82 Å². The minimum Gasteiger partial charge on any atom is -0.396 e. The number of benzene rings is 1. The van der Waals surface area contributed by atoms with E-state index in [2.05, 4.69) is 5.32 Å². The molecule has 0 fully saturated rings. The van der Waals surface area contributed by atoms with Gasteiger partial charge < -0.3 is 11.1 Å². The molecule has 1 heterocycles. The summed E-state index contributed by atoms with van der Waals surface area (Å²) < 4.78 is 26.7. The normalized spacial score (nSPS) is 10.5. The lowest BCUT2D eigenvalue weighted by Crippen LogP contribution is -2.24. The van der Waals surface area contributed by atoms with Crippen LogP contribution in [0.4, 0.5) is 14.5 Å². The molecule has 0 aliphatic heterocycles. The molecule has 1 aromatic carbocycles. The third kappa shape index (κ3) is 2.90. The number of amides is 1. The Morgan fingerprint density at radius 2 is 2.16 bits per heavy atom. The highest BCUT2D eigenvalue weighted by Gasteiger charge is 2.16. The van der Waals surface area contributed by atoms with Gasteiger partial charge in [0.2, 0.25) is 0 Å². The van der Waals surface area contributed by atoms with Crippen LogP contribution in [0.2, 0.25) is 0 Å². The van der Waals surface area contributed by atoms with Gasteiger partial charge >= 0.3 is 0 Å². The van der Waals surface area contributed by atoms with Crippen molar-refractivity contribution in [2.24, 2.45) is 0 Å². The van der Waals surface area contributed by atoms with Crippen molar-refractivity contribution in [3.63, 3.8) is 0 Å². The summed E-state index contributed by atoms with van der Waals surface area (Å²) in [5, 5.41) is 4.45. The summed E-state index contributed by atoms with van der Waals surface area (Å²) in [6.45, 7) is 2.19. The minimum atomic E-state index is -0.901. The molecule has 0 bridgehead atoms. The molecule has 0 radical (unpaired) electrons. The summed E-state index contributed by atoms with van der Waals surface area (Å²) in [7, 11) is 0. The summed E-state index contributed by atoms with van der Waals surface area (Å²) in [6.07, 6.45) is 0. The fraction of sp³-hybridized carbons (Fsp3) is 0.154. The van der Waals surface area contributed by atoms with Gasteiger partial charge in [0, 0.05) is 4.88 Å². The van der Waals surface area contributed by atoms with E-state index in [1.807, 2.05) is 18.4 Å². The number of hydrogen-bond acceptors (Lipinski definition) is 3. The molecule has 3 N–H and O–H groups in total. The highest BCUT2D eigenvalue weighted by molar-refractivity contribution is 7.10. The van der Waals surface area contributed by atoms with Gasteiger partial charge in [-0.1, -0.05) is 0 Å². The fourth-order valence-corrected chi connectivity index (χ4v) is 2.46. The highest BCUT2D eigenvalue weighted by Crippen LogP contribution is 2.18. The Balaban J connectivity index is 2.15. The molecule has 0 aliphatic carbocycles. The van der Waals surface area contributed by atoms with Crippen molar-refractivity contribution in [2.75, 3.05) is 5.73 Å². The summed E-state index contributed by atoms with van der Waals surface area (Å²) in [6, 6.07) is 3.60. The van der Waals surface area contributed by atoms with Gasteiger partial charge in [0.25, 0.3) is 5.91 Å². The molecule has 0 saturated carbocycles. The molecular formula is C13H12F2N2OS. The third-order valence-corrected chi connectivity index (χ3v) is 3.71. The van der Waals surface area contributed by atoms with Crippen LogP contribution in [0.3, 0.4) is 0 Å². The third-order valence-electron chi connectivity index (χ3n) is 2.69. The first-order valence-electron chi connectivity index (χ1n) is 5.54. The van der Waals surface area contributed by atoms with E-state index in [1.165, 1.54) is 11.3 Å². The number of halogens is 2. The number of aryl methyl sites for hydroxylation is 1. The Morgan fingerprint density at radius 3 is 2.79 bits per heavy atom. The van der Waals surface area contributed by atoms with Crippen LogP contribution in [-0.2, 0) is 6.54 Å². The summed E-state index contributed by atoms with van der Waals surface area (Å²) in [5.74, 6) is -2.32. The highest BCUT2D eigenvalue weighted by atomic mass is 32.1. The first-order chi connectivity index (χ1) is 8.99. The van der Waals surface area contributed by atoms with E-state index in [0.29, 0.717) is 0 Å². The quantitative estimate of drug-likeness (QED) is 0.850. The van der Waals surface area contributed by atoms with Crippen molar-refractivity contribution in [1.82, 2.24) is 5.32 Å². The van der Waals surface area contributed by atoms with Crippen molar-refractivity contribution in [3.8, 4) is 0 Å². The van der Waals surface area contributed by atoms with Crippen LogP contribution in [-0.4, -0.2) is 5.91 Å². The zero-order chi connectivity index (χ0) is 14.0. The Hall–Kier alpha value is -1.95. The van der Waals surface area contributed by atoms with Gasteiger partial charge in [0.05, 0.1) is 17.8 Å². The number of carbonyl (C=O) groups excluding carboxylic acids is 1. The molecule has 19 heavy (non-hydrogen) atoms. The zero-order valence-corrected chi connectivity index (χ0v) is 11.0. The number of hydrogen-bond donors (Lipinski definition) is 2. The predicted octanol–water partition coefficient (Wildman–Crippen LogP) is 2.85. The van der Waals surface area contributed by atoms with Gasteiger partial charge in [-0.25, -0.2) is 8.78 Å². The molecular weight excluding hydrogens is 270 g/mol. The van der Waals surface area contributed by atoms with E-state index in [1.54, 1.807) is 0 Å². The first-order valence-corrected chi connectivity index (χ1v) is 6.42. The summed E-state index contributed by atoms with van der Waals surface area (Å²) >= 11 is 1.49.